The quantitative estimate of drug-likeness (QED) is 0.835. The van der Waals surface area contributed by atoms with Crippen LogP contribution in [0, 0.1) is 5.92 Å². The molecule has 98 valence electrons. The fourth-order valence-corrected chi connectivity index (χ4v) is 1.27. The van der Waals surface area contributed by atoms with Gasteiger partial charge in [-0.05, 0) is 18.1 Å². The molecule has 18 heavy (non-hydrogen) atoms. The number of carbonyl (C=O) groups is 2. The molecule has 0 radical (unpaired) electrons. The molecule has 0 fully saturated rings. The van der Waals surface area contributed by atoms with Crippen LogP contribution >= 0.6 is 0 Å². The van der Waals surface area contributed by atoms with Gasteiger partial charge in [-0.2, -0.15) is 0 Å². The molecule has 0 saturated heterocycles. The third-order valence-electron chi connectivity index (χ3n) is 2.12. The van der Waals surface area contributed by atoms with Crippen LogP contribution in [0.3, 0.4) is 0 Å². The van der Waals surface area contributed by atoms with Crippen molar-refractivity contribution in [1.29, 1.82) is 0 Å². The Labute approximate surface area is 106 Å². The van der Waals surface area contributed by atoms with Gasteiger partial charge in [0, 0.05) is 0 Å². The normalized spacial score (nSPS) is 10.0. The molecular weight excluding hydrogens is 234 g/mol. The fraction of sp³-hybridized carbons (Fsp3) is 0.385. The maximum atomic E-state index is 11.5. The number of anilines is 1. The highest BCUT2D eigenvalue weighted by Gasteiger charge is 2.13. The molecule has 1 aromatic rings. The van der Waals surface area contributed by atoms with Gasteiger partial charge in [-0.25, -0.2) is 9.59 Å². The van der Waals surface area contributed by atoms with Crippen molar-refractivity contribution >= 4 is 17.7 Å². The molecule has 1 N–H and O–H groups in total. The topological polar surface area (TPSA) is 64.6 Å². The maximum absolute atomic E-state index is 11.5. The van der Waals surface area contributed by atoms with Gasteiger partial charge in [-0.3, -0.25) is 5.32 Å². The first-order valence-electron chi connectivity index (χ1n) is 5.65. The molecule has 0 atom stereocenters. The number of carbonyl (C=O) groups excluding carboxylic acids is 2. The molecule has 5 nitrogen and oxygen atoms in total. The highest BCUT2D eigenvalue weighted by Crippen LogP contribution is 2.16. The summed E-state index contributed by atoms with van der Waals surface area (Å²) in [4.78, 5) is 23.0. The third kappa shape index (κ3) is 4.08. The summed E-state index contributed by atoms with van der Waals surface area (Å²) in [5.74, 6) is -0.249. The van der Waals surface area contributed by atoms with E-state index in [1.807, 2.05) is 13.8 Å². The van der Waals surface area contributed by atoms with E-state index >= 15 is 0 Å². The Morgan fingerprint density at radius 1 is 1.28 bits per heavy atom. The minimum Gasteiger partial charge on any atom is -0.465 e. The smallest absolute Gasteiger partial charge is 0.411 e. The van der Waals surface area contributed by atoms with E-state index in [4.69, 9.17) is 4.74 Å². The molecule has 1 amide bonds. The SMILES string of the molecule is COC(=O)c1ccccc1NC(=O)OCC(C)C. The summed E-state index contributed by atoms with van der Waals surface area (Å²) in [7, 11) is 1.29. The molecule has 0 saturated carbocycles. The van der Waals surface area contributed by atoms with E-state index < -0.39 is 12.1 Å². The lowest BCUT2D eigenvalue weighted by Crippen LogP contribution is -2.18. The van der Waals surface area contributed by atoms with Crippen molar-refractivity contribution in [3.05, 3.63) is 29.8 Å². The lowest BCUT2D eigenvalue weighted by Gasteiger charge is -2.11. The summed E-state index contributed by atoms with van der Waals surface area (Å²) in [6, 6.07) is 6.59. The number of rotatable bonds is 4. The van der Waals surface area contributed by atoms with Crippen LogP contribution in [0.4, 0.5) is 10.5 Å². The predicted octanol–water partition coefficient (Wildman–Crippen LogP) is 2.68. The lowest BCUT2D eigenvalue weighted by molar-refractivity contribution is 0.0602. The number of amides is 1. The second-order valence-corrected chi connectivity index (χ2v) is 4.15. The van der Waals surface area contributed by atoms with Crippen molar-refractivity contribution in [2.45, 2.75) is 13.8 Å². The summed E-state index contributed by atoms with van der Waals surface area (Å²) in [6.07, 6.45) is -0.583. The van der Waals surface area contributed by atoms with Crippen LogP contribution in [-0.2, 0) is 9.47 Å². The number of benzene rings is 1. The molecule has 0 heterocycles. The molecule has 0 spiro atoms. The summed E-state index contributed by atoms with van der Waals surface area (Å²) < 4.78 is 9.60. The van der Waals surface area contributed by atoms with E-state index in [0.717, 1.165) is 0 Å². The van der Waals surface area contributed by atoms with Crippen molar-refractivity contribution < 1.29 is 19.1 Å². The van der Waals surface area contributed by atoms with Crippen molar-refractivity contribution in [3.63, 3.8) is 0 Å². The van der Waals surface area contributed by atoms with Crippen LogP contribution in [0.5, 0.6) is 0 Å². The van der Waals surface area contributed by atoms with E-state index in [2.05, 4.69) is 10.1 Å². The van der Waals surface area contributed by atoms with Crippen molar-refractivity contribution in [2.24, 2.45) is 5.92 Å². The largest absolute Gasteiger partial charge is 0.465 e. The van der Waals surface area contributed by atoms with Crippen molar-refractivity contribution in [2.75, 3.05) is 19.0 Å². The Bertz CT molecular complexity index is 429. The zero-order chi connectivity index (χ0) is 13.5. The Morgan fingerprint density at radius 3 is 2.56 bits per heavy atom. The Balaban J connectivity index is 2.72. The second kappa shape index (κ2) is 6.64. The van der Waals surface area contributed by atoms with Gasteiger partial charge < -0.3 is 9.47 Å². The van der Waals surface area contributed by atoms with Crippen LogP contribution in [0.2, 0.25) is 0 Å². The van der Waals surface area contributed by atoms with Crippen molar-refractivity contribution in [3.8, 4) is 0 Å². The summed E-state index contributed by atoms with van der Waals surface area (Å²) in [6.45, 7) is 4.21. The summed E-state index contributed by atoms with van der Waals surface area (Å²) in [5.41, 5.74) is 0.666. The number of para-hydroxylation sites is 1. The monoisotopic (exact) mass is 251 g/mol. The highest BCUT2D eigenvalue weighted by molar-refractivity contribution is 5.99. The van der Waals surface area contributed by atoms with Gasteiger partial charge in [-0.1, -0.05) is 26.0 Å². The van der Waals surface area contributed by atoms with Gasteiger partial charge in [0.15, 0.2) is 0 Å². The number of hydrogen-bond acceptors (Lipinski definition) is 4. The number of methoxy groups -OCH3 is 1. The lowest BCUT2D eigenvalue weighted by atomic mass is 10.2. The Kier molecular flexibility index (Phi) is 5.17. The first-order chi connectivity index (χ1) is 8.54. The van der Waals surface area contributed by atoms with Gasteiger partial charge in [0.25, 0.3) is 0 Å². The Morgan fingerprint density at radius 2 is 1.94 bits per heavy atom. The van der Waals surface area contributed by atoms with Crippen LogP contribution in [0.25, 0.3) is 0 Å². The zero-order valence-corrected chi connectivity index (χ0v) is 10.7. The second-order valence-electron chi connectivity index (χ2n) is 4.15. The molecule has 5 heteroatoms. The standard InChI is InChI=1S/C13H17NO4/c1-9(2)8-18-13(16)14-11-7-5-4-6-10(11)12(15)17-3/h4-7,9H,8H2,1-3H3,(H,14,16). The first kappa shape index (κ1) is 14.0. The molecular formula is C13H17NO4. The van der Waals surface area contributed by atoms with Gasteiger partial charge in [0.1, 0.15) is 0 Å². The molecule has 0 aromatic heterocycles. The van der Waals surface area contributed by atoms with Crippen LogP contribution in [-0.4, -0.2) is 25.8 Å². The first-order valence-corrected chi connectivity index (χ1v) is 5.65. The van der Waals surface area contributed by atoms with E-state index in [0.29, 0.717) is 17.9 Å². The maximum Gasteiger partial charge on any atom is 0.411 e. The minimum absolute atomic E-state index is 0.256. The number of ether oxygens (including phenoxy) is 2. The zero-order valence-electron chi connectivity index (χ0n) is 10.7. The number of esters is 1. The van der Waals surface area contributed by atoms with E-state index in [9.17, 15) is 9.59 Å². The molecule has 0 unspecified atom stereocenters. The third-order valence-corrected chi connectivity index (χ3v) is 2.12. The van der Waals surface area contributed by atoms with Gasteiger partial charge in [-0.15, -0.1) is 0 Å². The fourth-order valence-electron chi connectivity index (χ4n) is 1.27. The van der Waals surface area contributed by atoms with Gasteiger partial charge >= 0.3 is 12.1 Å². The molecule has 0 aliphatic rings. The average Bonchev–Trinajstić information content (AvgIpc) is 2.36. The van der Waals surface area contributed by atoms with E-state index in [1.165, 1.54) is 7.11 Å². The van der Waals surface area contributed by atoms with Gasteiger partial charge in [0.2, 0.25) is 0 Å². The number of hydrogen-bond donors (Lipinski definition) is 1. The summed E-state index contributed by atoms with van der Waals surface area (Å²) >= 11 is 0. The molecule has 0 aliphatic heterocycles. The molecule has 0 bridgehead atoms. The Hall–Kier alpha value is -2.04. The van der Waals surface area contributed by atoms with Crippen molar-refractivity contribution in [1.82, 2.24) is 0 Å². The van der Waals surface area contributed by atoms with E-state index in [1.54, 1.807) is 24.3 Å². The van der Waals surface area contributed by atoms with Crippen LogP contribution in [0.1, 0.15) is 24.2 Å². The van der Waals surface area contributed by atoms with Crippen LogP contribution < -0.4 is 5.32 Å². The van der Waals surface area contributed by atoms with Crippen LogP contribution in [0.15, 0.2) is 24.3 Å². The number of nitrogens with one attached hydrogen (secondary N) is 1. The van der Waals surface area contributed by atoms with E-state index in [-0.39, 0.29) is 5.92 Å². The molecule has 1 aromatic carbocycles. The minimum atomic E-state index is -0.583. The predicted molar refractivity (Wildman–Crippen MR) is 67.6 cm³/mol. The molecule has 0 aliphatic carbocycles. The average molecular weight is 251 g/mol. The molecule has 1 rings (SSSR count). The highest BCUT2D eigenvalue weighted by atomic mass is 16.5. The summed E-state index contributed by atoms with van der Waals surface area (Å²) in [5, 5.41) is 2.52. The van der Waals surface area contributed by atoms with Gasteiger partial charge in [0.05, 0.1) is 25.0 Å².